The second-order valence-electron chi connectivity index (χ2n) is 7.09. The van der Waals surface area contributed by atoms with Crippen LogP contribution in [0.15, 0.2) is 35.5 Å². The third kappa shape index (κ3) is 4.37. The lowest BCUT2D eigenvalue weighted by atomic mass is 10.1. The maximum atomic E-state index is 12.7. The summed E-state index contributed by atoms with van der Waals surface area (Å²) in [6.07, 6.45) is -2.93. The molecule has 7 nitrogen and oxygen atoms in total. The number of nitrogens with zero attached hydrogens (tertiary/aromatic N) is 4. The largest absolute Gasteiger partial charge is 0.404 e. The van der Waals surface area contributed by atoms with Gasteiger partial charge in [-0.1, -0.05) is 11.6 Å². The van der Waals surface area contributed by atoms with Crippen molar-refractivity contribution < 1.29 is 21.6 Å². The zero-order chi connectivity index (χ0) is 23.1. The van der Waals surface area contributed by atoms with E-state index in [1.165, 1.54) is 0 Å². The number of hydrogen-bond donors (Lipinski definition) is 1. The van der Waals surface area contributed by atoms with Gasteiger partial charge in [-0.2, -0.15) is 23.2 Å². The molecule has 0 aliphatic heterocycles. The Labute approximate surface area is 181 Å². The Bertz CT molecular complexity index is 1280. The molecule has 0 saturated heterocycles. The standard InChI is InChI=1S/C19H17ClF3N5O2S/c1-10(2)28-16-5-4-12(20)6-14(16)15(7-24)17(28)18-25-8-13(9-26-18)31(29,30)27-11(3)19(21,22)23/h4-6,8-11,27H,1-3H3/t11-/m0/s1. The summed E-state index contributed by atoms with van der Waals surface area (Å²) in [6.45, 7) is 4.47. The summed E-state index contributed by atoms with van der Waals surface area (Å²) in [5.74, 6) is 0.0559. The molecule has 0 bridgehead atoms. The highest BCUT2D eigenvalue weighted by atomic mass is 35.5. The van der Waals surface area contributed by atoms with Gasteiger partial charge >= 0.3 is 6.18 Å². The minimum Gasteiger partial charge on any atom is -0.334 e. The van der Waals surface area contributed by atoms with Gasteiger partial charge in [-0.15, -0.1) is 0 Å². The molecule has 31 heavy (non-hydrogen) atoms. The SMILES string of the molecule is CC(C)n1c(-c2ncc(S(=O)(=O)N[C@@H](C)C(F)(F)F)cn2)c(C#N)c2cc(Cl)ccc21. The lowest BCUT2D eigenvalue weighted by molar-refractivity contribution is -0.147. The molecule has 12 heteroatoms. The molecule has 3 rings (SSSR count). The fraction of sp³-hybridized carbons (Fsp3) is 0.316. The average molecular weight is 472 g/mol. The maximum absolute atomic E-state index is 12.7. The predicted molar refractivity (Wildman–Crippen MR) is 109 cm³/mol. The molecule has 1 atom stereocenters. The van der Waals surface area contributed by atoms with Crippen LogP contribution in [0.5, 0.6) is 0 Å². The lowest BCUT2D eigenvalue weighted by Crippen LogP contribution is -2.43. The van der Waals surface area contributed by atoms with Crippen molar-refractivity contribution in [1.29, 1.82) is 5.26 Å². The third-order valence-corrected chi connectivity index (χ3v) is 6.30. The summed E-state index contributed by atoms with van der Waals surface area (Å²) in [4.78, 5) is 7.55. The topological polar surface area (TPSA) is 101 Å². The van der Waals surface area contributed by atoms with Crippen LogP contribution < -0.4 is 4.72 Å². The molecule has 0 amide bonds. The van der Waals surface area contributed by atoms with Gasteiger partial charge in [-0.3, -0.25) is 0 Å². The van der Waals surface area contributed by atoms with Crippen molar-refractivity contribution in [3.63, 3.8) is 0 Å². The van der Waals surface area contributed by atoms with Crippen molar-refractivity contribution >= 4 is 32.5 Å². The predicted octanol–water partition coefficient (Wildman–Crippen LogP) is 4.43. The van der Waals surface area contributed by atoms with Crippen molar-refractivity contribution in [2.45, 2.75) is 43.9 Å². The number of rotatable bonds is 5. The van der Waals surface area contributed by atoms with Gasteiger partial charge in [-0.25, -0.2) is 18.4 Å². The summed E-state index contributed by atoms with van der Waals surface area (Å²) >= 11 is 6.08. The molecule has 2 aromatic heterocycles. The van der Waals surface area contributed by atoms with Gasteiger partial charge in [0, 0.05) is 16.5 Å². The molecule has 2 heterocycles. The fourth-order valence-corrected chi connectivity index (χ4v) is 4.39. The van der Waals surface area contributed by atoms with E-state index in [1.807, 2.05) is 18.4 Å². The second-order valence-corrected chi connectivity index (χ2v) is 9.24. The van der Waals surface area contributed by atoms with Gasteiger partial charge in [0.25, 0.3) is 0 Å². The summed E-state index contributed by atoms with van der Waals surface area (Å²) in [7, 11) is -4.50. The first-order valence-electron chi connectivity index (χ1n) is 9.01. The fourth-order valence-electron chi connectivity index (χ4n) is 3.10. The van der Waals surface area contributed by atoms with E-state index >= 15 is 0 Å². The molecule has 1 N–H and O–H groups in total. The molecule has 0 aliphatic rings. The molecule has 0 saturated carbocycles. The quantitative estimate of drug-likeness (QED) is 0.593. The first-order chi connectivity index (χ1) is 14.4. The Hall–Kier alpha value is -2.68. The monoisotopic (exact) mass is 471 g/mol. The summed E-state index contributed by atoms with van der Waals surface area (Å²) < 4.78 is 66.0. The number of nitriles is 1. The van der Waals surface area contributed by atoms with Crippen LogP contribution in [0.2, 0.25) is 5.02 Å². The Kier molecular flexibility index (Phi) is 6.01. The molecule has 3 aromatic rings. The normalized spacial score (nSPS) is 13.5. The van der Waals surface area contributed by atoms with Crippen molar-refractivity contribution in [2.24, 2.45) is 0 Å². The number of halogens is 4. The van der Waals surface area contributed by atoms with Crippen LogP contribution in [-0.2, 0) is 10.0 Å². The van der Waals surface area contributed by atoms with Crippen molar-refractivity contribution in [3.8, 4) is 17.6 Å². The van der Waals surface area contributed by atoms with Crippen LogP contribution >= 0.6 is 11.6 Å². The van der Waals surface area contributed by atoms with Gasteiger partial charge in [-0.05, 0) is 39.0 Å². The zero-order valence-electron chi connectivity index (χ0n) is 16.6. The van der Waals surface area contributed by atoms with Gasteiger partial charge in [0.15, 0.2) is 5.82 Å². The molecule has 164 valence electrons. The maximum Gasteiger partial charge on any atom is 0.404 e. The van der Waals surface area contributed by atoms with Crippen molar-refractivity contribution in [2.75, 3.05) is 0 Å². The number of benzene rings is 1. The molecule has 0 aliphatic carbocycles. The van der Waals surface area contributed by atoms with Crippen LogP contribution in [0.1, 0.15) is 32.4 Å². The summed E-state index contributed by atoms with van der Waals surface area (Å²) in [6, 6.07) is 4.79. The Balaban J connectivity index is 2.11. The molecule has 0 fully saturated rings. The van der Waals surface area contributed by atoms with E-state index in [0.29, 0.717) is 28.5 Å². The summed E-state index contributed by atoms with van der Waals surface area (Å²) in [5, 5.41) is 10.8. The van der Waals surface area contributed by atoms with E-state index in [4.69, 9.17) is 11.6 Å². The molecule has 0 radical (unpaired) electrons. The van der Waals surface area contributed by atoms with E-state index in [-0.39, 0.29) is 17.4 Å². The van der Waals surface area contributed by atoms with E-state index in [1.54, 1.807) is 22.9 Å². The lowest BCUT2D eigenvalue weighted by Gasteiger charge is -2.17. The minimum absolute atomic E-state index is 0.0559. The smallest absolute Gasteiger partial charge is 0.334 e. The highest BCUT2D eigenvalue weighted by Gasteiger charge is 2.39. The zero-order valence-corrected chi connectivity index (χ0v) is 18.1. The van der Waals surface area contributed by atoms with Crippen molar-refractivity contribution in [1.82, 2.24) is 19.3 Å². The first-order valence-corrected chi connectivity index (χ1v) is 10.9. The van der Waals surface area contributed by atoms with Crippen LogP contribution in [-0.4, -0.2) is 35.2 Å². The average Bonchev–Trinajstić information content (AvgIpc) is 3.00. The Morgan fingerprint density at radius 2 is 1.81 bits per heavy atom. The Morgan fingerprint density at radius 1 is 1.19 bits per heavy atom. The van der Waals surface area contributed by atoms with Crippen LogP contribution in [0.3, 0.4) is 0 Å². The van der Waals surface area contributed by atoms with Crippen molar-refractivity contribution in [3.05, 3.63) is 41.2 Å². The summed E-state index contributed by atoms with van der Waals surface area (Å²) in [5.41, 5.74) is 1.33. The third-order valence-electron chi connectivity index (χ3n) is 4.57. The highest BCUT2D eigenvalue weighted by molar-refractivity contribution is 7.89. The van der Waals surface area contributed by atoms with Gasteiger partial charge < -0.3 is 4.57 Å². The van der Waals surface area contributed by atoms with Gasteiger partial charge in [0.2, 0.25) is 10.0 Å². The van der Waals surface area contributed by atoms with Crippen LogP contribution in [0.25, 0.3) is 22.4 Å². The number of hydrogen-bond acceptors (Lipinski definition) is 5. The molecular weight excluding hydrogens is 455 g/mol. The molecule has 1 aromatic carbocycles. The Morgan fingerprint density at radius 3 is 2.32 bits per heavy atom. The number of aromatic nitrogens is 3. The van der Waals surface area contributed by atoms with E-state index in [2.05, 4.69) is 16.0 Å². The van der Waals surface area contributed by atoms with Crippen LogP contribution in [0, 0.1) is 11.3 Å². The van der Waals surface area contributed by atoms with E-state index in [0.717, 1.165) is 12.4 Å². The number of nitrogens with one attached hydrogen (secondary N) is 1. The van der Waals surface area contributed by atoms with Gasteiger partial charge in [0.1, 0.15) is 22.7 Å². The van der Waals surface area contributed by atoms with Crippen LogP contribution in [0.4, 0.5) is 13.2 Å². The first kappa shape index (κ1) is 23.0. The molecule has 0 spiro atoms. The molecular formula is C19H17ClF3N5O2S. The second kappa shape index (κ2) is 8.11. The number of alkyl halides is 3. The highest BCUT2D eigenvalue weighted by Crippen LogP contribution is 2.35. The van der Waals surface area contributed by atoms with Gasteiger partial charge in [0.05, 0.1) is 23.5 Å². The molecule has 0 unspecified atom stereocenters. The van der Waals surface area contributed by atoms with E-state index in [9.17, 15) is 26.9 Å². The van der Waals surface area contributed by atoms with E-state index < -0.39 is 27.1 Å². The minimum atomic E-state index is -4.74. The number of sulfonamides is 1. The number of fused-ring (bicyclic) bond motifs is 1.